The fourth-order valence-electron chi connectivity index (χ4n) is 3.39. The van der Waals surface area contributed by atoms with Crippen molar-refractivity contribution in [1.29, 1.82) is 0 Å². The van der Waals surface area contributed by atoms with E-state index in [2.05, 4.69) is 4.98 Å². The Morgan fingerprint density at radius 1 is 1.13 bits per heavy atom. The highest BCUT2D eigenvalue weighted by atomic mass is 35.5. The van der Waals surface area contributed by atoms with Crippen LogP contribution in [-0.4, -0.2) is 26.4 Å². The minimum Gasteiger partial charge on any atom is -0.477 e. The van der Waals surface area contributed by atoms with Crippen LogP contribution in [0.2, 0.25) is 5.02 Å². The van der Waals surface area contributed by atoms with Crippen LogP contribution in [0, 0.1) is 0 Å². The van der Waals surface area contributed by atoms with Crippen LogP contribution in [0.1, 0.15) is 38.4 Å². The van der Waals surface area contributed by atoms with Gasteiger partial charge in [-0.2, -0.15) is 0 Å². The standard InChI is InChI=1S/C22H15ClN2O5S/c1-11(12-5-3-2-4-6-12)18(26)13-7-8-14(23)16(9-13)25-20(27)17-15(24-22(25)30)10-31-19(17)21(28)29/h2-11H,1H3,(H,24,30)(H,28,29). The van der Waals surface area contributed by atoms with Crippen molar-refractivity contribution < 1.29 is 14.7 Å². The molecule has 2 heterocycles. The molecule has 0 bridgehead atoms. The number of aromatic nitrogens is 2. The van der Waals surface area contributed by atoms with E-state index in [4.69, 9.17) is 11.6 Å². The van der Waals surface area contributed by atoms with Gasteiger partial charge in [-0.25, -0.2) is 14.2 Å². The molecular weight excluding hydrogens is 440 g/mol. The molecular formula is C22H15ClN2O5S. The number of carboxylic acids is 1. The third-order valence-electron chi connectivity index (χ3n) is 5.01. The molecule has 4 rings (SSSR count). The Labute approximate surface area is 184 Å². The number of fused-ring (bicyclic) bond motifs is 1. The molecule has 0 radical (unpaired) electrons. The monoisotopic (exact) mass is 454 g/mol. The van der Waals surface area contributed by atoms with Crippen LogP contribution in [0.5, 0.6) is 0 Å². The van der Waals surface area contributed by atoms with Crippen LogP contribution >= 0.6 is 22.9 Å². The van der Waals surface area contributed by atoms with Gasteiger partial charge >= 0.3 is 11.7 Å². The minimum atomic E-state index is -1.28. The fourth-order valence-corrected chi connectivity index (χ4v) is 4.42. The average molecular weight is 455 g/mol. The van der Waals surface area contributed by atoms with Crippen LogP contribution in [0.4, 0.5) is 0 Å². The summed E-state index contributed by atoms with van der Waals surface area (Å²) in [6, 6.07) is 13.5. The molecule has 31 heavy (non-hydrogen) atoms. The van der Waals surface area contributed by atoms with Gasteiger partial charge in [-0.1, -0.05) is 48.9 Å². The van der Waals surface area contributed by atoms with Crippen LogP contribution in [0.15, 0.2) is 63.5 Å². The molecule has 2 aromatic heterocycles. The number of nitrogens with one attached hydrogen (secondary N) is 1. The predicted molar refractivity (Wildman–Crippen MR) is 119 cm³/mol. The summed E-state index contributed by atoms with van der Waals surface area (Å²) in [6.07, 6.45) is 0. The number of H-pyrrole nitrogens is 1. The maximum atomic E-state index is 13.1. The maximum Gasteiger partial charge on any atom is 0.346 e. The van der Waals surface area contributed by atoms with Gasteiger partial charge in [-0.05, 0) is 23.8 Å². The highest BCUT2D eigenvalue weighted by molar-refractivity contribution is 7.13. The molecule has 7 nitrogen and oxygen atoms in total. The van der Waals surface area contributed by atoms with Crippen LogP contribution in [0.25, 0.3) is 16.6 Å². The van der Waals surface area contributed by atoms with Gasteiger partial charge in [0.1, 0.15) is 4.88 Å². The third kappa shape index (κ3) is 3.60. The van der Waals surface area contributed by atoms with E-state index in [-0.39, 0.29) is 37.8 Å². The van der Waals surface area contributed by atoms with Crippen LogP contribution in [0.3, 0.4) is 0 Å². The highest BCUT2D eigenvalue weighted by Gasteiger charge is 2.22. The summed E-state index contributed by atoms with van der Waals surface area (Å²) in [5.41, 5.74) is -0.372. The van der Waals surface area contributed by atoms with E-state index in [0.717, 1.165) is 21.5 Å². The topological polar surface area (TPSA) is 109 Å². The summed E-state index contributed by atoms with van der Waals surface area (Å²) in [6.45, 7) is 1.77. The van der Waals surface area contributed by atoms with Gasteiger partial charge in [0, 0.05) is 16.9 Å². The van der Waals surface area contributed by atoms with E-state index in [1.807, 2.05) is 30.3 Å². The number of hydrogen-bond acceptors (Lipinski definition) is 5. The molecule has 0 aliphatic rings. The second-order valence-corrected chi connectivity index (χ2v) is 8.18. The van der Waals surface area contributed by atoms with Crippen molar-refractivity contribution in [2.75, 3.05) is 0 Å². The van der Waals surface area contributed by atoms with Crippen molar-refractivity contribution in [2.45, 2.75) is 12.8 Å². The molecule has 0 saturated carbocycles. The van der Waals surface area contributed by atoms with E-state index >= 15 is 0 Å². The molecule has 0 saturated heterocycles. The zero-order valence-electron chi connectivity index (χ0n) is 16.1. The number of carbonyl (C=O) groups excluding carboxylic acids is 1. The third-order valence-corrected chi connectivity index (χ3v) is 6.30. The molecule has 0 fully saturated rings. The Morgan fingerprint density at radius 2 is 1.84 bits per heavy atom. The number of carbonyl (C=O) groups is 2. The normalized spacial score (nSPS) is 12.1. The molecule has 9 heteroatoms. The molecule has 4 aromatic rings. The zero-order valence-corrected chi connectivity index (χ0v) is 17.7. The lowest BCUT2D eigenvalue weighted by Gasteiger charge is -2.13. The zero-order chi connectivity index (χ0) is 22.3. The maximum absolute atomic E-state index is 13.1. The van der Waals surface area contributed by atoms with E-state index in [0.29, 0.717) is 0 Å². The summed E-state index contributed by atoms with van der Waals surface area (Å²) in [5, 5.41) is 10.7. The van der Waals surface area contributed by atoms with Crippen molar-refractivity contribution in [1.82, 2.24) is 9.55 Å². The Morgan fingerprint density at radius 3 is 2.52 bits per heavy atom. The predicted octanol–water partition coefficient (Wildman–Crippen LogP) is 4.08. The first kappa shape index (κ1) is 20.8. The van der Waals surface area contributed by atoms with Gasteiger partial charge in [-0.15, -0.1) is 11.3 Å². The Bertz CT molecular complexity index is 1450. The van der Waals surface area contributed by atoms with Gasteiger partial charge < -0.3 is 10.1 Å². The second-order valence-electron chi connectivity index (χ2n) is 6.89. The molecule has 0 aliphatic carbocycles. The quantitative estimate of drug-likeness (QED) is 0.441. The Kier molecular flexibility index (Phi) is 5.34. The molecule has 1 atom stereocenters. The second kappa shape index (κ2) is 7.98. The van der Waals surface area contributed by atoms with E-state index < -0.39 is 23.1 Å². The largest absolute Gasteiger partial charge is 0.477 e. The lowest BCUT2D eigenvalue weighted by Crippen LogP contribution is -2.34. The van der Waals surface area contributed by atoms with Gasteiger partial charge in [0.25, 0.3) is 5.56 Å². The number of aromatic amines is 1. The first-order chi connectivity index (χ1) is 14.8. The average Bonchev–Trinajstić information content (AvgIpc) is 3.19. The van der Waals surface area contributed by atoms with Crippen molar-refractivity contribution in [3.63, 3.8) is 0 Å². The van der Waals surface area contributed by atoms with Gasteiger partial charge in [-0.3, -0.25) is 9.59 Å². The van der Waals surface area contributed by atoms with Crippen molar-refractivity contribution >= 4 is 45.6 Å². The lowest BCUT2D eigenvalue weighted by molar-refractivity contribution is 0.0703. The molecule has 2 aromatic carbocycles. The smallest absolute Gasteiger partial charge is 0.346 e. The Hall–Kier alpha value is -3.49. The molecule has 0 amide bonds. The summed E-state index contributed by atoms with van der Waals surface area (Å²) in [4.78, 5) is 52.5. The number of rotatable bonds is 5. The van der Waals surface area contributed by atoms with E-state index in [9.17, 15) is 24.3 Å². The van der Waals surface area contributed by atoms with Crippen molar-refractivity contribution in [2.24, 2.45) is 0 Å². The van der Waals surface area contributed by atoms with Crippen LogP contribution in [-0.2, 0) is 0 Å². The number of Topliss-reactive ketones (excluding diaryl/α,β-unsaturated/α-hetero) is 1. The number of hydrogen-bond donors (Lipinski definition) is 2. The fraction of sp³-hybridized carbons (Fsp3) is 0.0909. The molecule has 2 N–H and O–H groups in total. The van der Waals surface area contributed by atoms with E-state index in [1.54, 1.807) is 6.92 Å². The molecule has 0 spiro atoms. The number of nitrogens with zero attached hydrogens (tertiary/aromatic N) is 1. The summed E-state index contributed by atoms with van der Waals surface area (Å²) < 4.78 is 0.758. The summed E-state index contributed by atoms with van der Waals surface area (Å²) >= 11 is 7.11. The number of halogens is 1. The SMILES string of the molecule is CC(C(=O)c1ccc(Cl)c(-n2c(=O)[nH]c3csc(C(=O)O)c3c2=O)c1)c1ccccc1. The highest BCUT2D eigenvalue weighted by Crippen LogP contribution is 2.26. The Balaban J connectivity index is 1.88. The number of carboxylic acid groups (broad SMARTS) is 1. The van der Waals surface area contributed by atoms with Crippen LogP contribution < -0.4 is 11.2 Å². The first-order valence-corrected chi connectivity index (χ1v) is 10.4. The number of benzene rings is 2. The number of ketones is 1. The molecule has 1 unspecified atom stereocenters. The van der Waals surface area contributed by atoms with E-state index in [1.165, 1.54) is 23.6 Å². The van der Waals surface area contributed by atoms with Gasteiger partial charge in [0.2, 0.25) is 0 Å². The molecule has 156 valence electrons. The van der Waals surface area contributed by atoms with Crippen molar-refractivity contribution in [3.8, 4) is 5.69 Å². The lowest BCUT2D eigenvalue weighted by atomic mass is 9.92. The van der Waals surface area contributed by atoms with Gasteiger partial charge in [0.05, 0.1) is 21.6 Å². The van der Waals surface area contributed by atoms with Gasteiger partial charge in [0.15, 0.2) is 5.78 Å². The summed E-state index contributed by atoms with van der Waals surface area (Å²) in [5.74, 6) is -1.94. The first-order valence-electron chi connectivity index (χ1n) is 9.18. The summed E-state index contributed by atoms with van der Waals surface area (Å²) in [7, 11) is 0. The number of aromatic carboxylic acids is 1. The van der Waals surface area contributed by atoms with Crippen molar-refractivity contribution in [3.05, 3.63) is 95.8 Å². The molecule has 0 aliphatic heterocycles. The number of thiophene rings is 1. The minimum absolute atomic E-state index is 0.00321.